The van der Waals surface area contributed by atoms with Gasteiger partial charge < -0.3 is 15.2 Å². The first-order chi connectivity index (χ1) is 8.88. The number of amides is 1. The zero-order chi connectivity index (χ0) is 14.4. The third-order valence-electron chi connectivity index (χ3n) is 3.40. The highest BCUT2D eigenvalue weighted by Gasteiger charge is 2.28. The maximum absolute atomic E-state index is 11.9. The summed E-state index contributed by atoms with van der Waals surface area (Å²) < 4.78 is 5.37. The monoisotopic (exact) mass is 271 g/mol. The highest BCUT2D eigenvalue weighted by molar-refractivity contribution is 5.79. The van der Waals surface area contributed by atoms with E-state index in [1.807, 2.05) is 6.92 Å². The third-order valence-corrected chi connectivity index (χ3v) is 3.40. The second kappa shape index (κ2) is 7.48. The standard InChI is InChI=1S/C14H25NO4/c1-9(2)4-11(6-13(16)17)7-15-14(18)12-5-10(3)19-8-12/h9-12H,4-8H2,1-3H3,(H,15,18)(H,16,17)/t10?,11-,12?/m0/s1. The Balaban J connectivity index is 2.37. The van der Waals surface area contributed by atoms with E-state index in [1.165, 1.54) is 0 Å². The van der Waals surface area contributed by atoms with Crippen molar-refractivity contribution in [1.82, 2.24) is 5.32 Å². The van der Waals surface area contributed by atoms with E-state index >= 15 is 0 Å². The van der Waals surface area contributed by atoms with Crippen molar-refractivity contribution >= 4 is 11.9 Å². The van der Waals surface area contributed by atoms with Crippen molar-refractivity contribution in [3.8, 4) is 0 Å². The van der Waals surface area contributed by atoms with Gasteiger partial charge in [-0.1, -0.05) is 13.8 Å². The van der Waals surface area contributed by atoms with Crippen molar-refractivity contribution in [2.24, 2.45) is 17.8 Å². The predicted molar refractivity (Wildman–Crippen MR) is 71.7 cm³/mol. The molecule has 0 bridgehead atoms. The second-order valence-electron chi connectivity index (χ2n) is 5.92. The molecule has 0 saturated carbocycles. The number of carboxylic acids is 1. The van der Waals surface area contributed by atoms with Gasteiger partial charge in [-0.2, -0.15) is 0 Å². The average molecular weight is 271 g/mol. The molecule has 0 aromatic heterocycles. The lowest BCUT2D eigenvalue weighted by Gasteiger charge is -2.18. The predicted octanol–water partition coefficient (Wildman–Crippen LogP) is 1.66. The number of aliphatic carboxylic acids is 1. The molecule has 1 aliphatic rings. The molecule has 0 radical (unpaired) electrons. The van der Waals surface area contributed by atoms with Gasteiger partial charge in [0.1, 0.15) is 0 Å². The minimum atomic E-state index is -0.808. The van der Waals surface area contributed by atoms with Crippen LogP contribution >= 0.6 is 0 Å². The Hall–Kier alpha value is -1.10. The van der Waals surface area contributed by atoms with E-state index in [-0.39, 0.29) is 30.3 Å². The summed E-state index contributed by atoms with van der Waals surface area (Å²) >= 11 is 0. The van der Waals surface area contributed by atoms with E-state index in [4.69, 9.17) is 9.84 Å². The van der Waals surface area contributed by atoms with E-state index in [2.05, 4.69) is 19.2 Å². The Bertz CT molecular complexity index is 317. The summed E-state index contributed by atoms with van der Waals surface area (Å²) in [6.07, 6.45) is 1.81. The van der Waals surface area contributed by atoms with Gasteiger partial charge in [0.05, 0.1) is 18.6 Å². The van der Waals surface area contributed by atoms with Crippen LogP contribution in [0.2, 0.25) is 0 Å². The maximum atomic E-state index is 11.9. The summed E-state index contributed by atoms with van der Waals surface area (Å²) in [5.74, 6) is -0.474. The molecule has 2 unspecified atom stereocenters. The first-order valence-electron chi connectivity index (χ1n) is 6.99. The van der Waals surface area contributed by atoms with Gasteiger partial charge in [0.15, 0.2) is 0 Å². The van der Waals surface area contributed by atoms with Gasteiger partial charge in [-0.3, -0.25) is 9.59 Å². The minimum absolute atomic E-state index is 0.00111. The smallest absolute Gasteiger partial charge is 0.303 e. The van der Waals surface area contributed by atoms with Crippen molar-refractivity contribution in [2.45, 2.75) is 46.1 Å². The normalized spacial score (nSPS) is 24.4. The molecule has 5 heteroatoms. The molecule has 5 nitrogen and oxygen atoms in total. The number of ether oxygens (including phenoxy) is 1. The summed E-state index contributed by atoms with van der Waals surface area (Å²) in [4.78, 5) is 22.7. The summed E-state index contributed by atoms with van der Waals surface area (Å²) in [7, 11) is 0. The van der Waals surface area contributed by atoms with Gasteiger partial charge in [0, 0.05) is 13.0 Å². The van der Waals surface area contributed by atoms with Crippen LogP contribution in [-0.4, -0.2) is 36.2 Å². The van der Waals surface area contributed by atoms with E-state index in [0.717, 1.165) is 12.8 Å². The molecule has 0 aliphatic carbocycles. The number of nitrogens with one attached hydrogen (secondary N) is 1. The summed E-state index contributed by atoms with van der Waals surface area (Å²) in [6.45, 7) is 6.99. The number of carbonyl (C=O) groups is 2. The van der Waals surface area contributed by atoms with E-state index in [0.29, 0.717) is 19.1 Å². The molecule has 1 aliphatic heterocycles. The van der Waals surface area contributed by atoms with Gasteiger partial charge >= 0.3 is 5.97 Å². The Morgan fingerprint density at radius 1 is 1.42 bits per heavy atom. The average Bonchev–Trinajstić information content (AvgIpc) is 2.71. The summed E-state index contributed by atoms with van der Waals surface area (Å²) in [6, 6.07) is 0. The fourth-order valence-corrected chi connectivity index (χ4v) is 2.54. The minimum Gasteiger partial charge on any atom is -0.481 e. The molecule has 3 atom stereocenters. The largest absolute Gasteiger partial charge is 0.481 e. The molecule has 1 amide bonds. The molecule has 1 rings (SSSR count). The zero-order valence-electron chi connectivity index (χ0n) is 12.0. The number of carboxylic acid groups (broad SMARTS) is 1. The van der Waals surface area contributed by atoms with Crippen molar-refractivity contribution in [3.05, 3.63) is 0 Å². The SMILES string of the molecule is CC(C)C[C@H](CNC(=O)C1COC(C)C1)CC(=O)O. The van der Waals surface area contributed by atoms with Crippen LogP contribution in [0.5, 0.6) is 0 Å². The molecule has 1 saturated heterocycles. The van der Waals surface area contributed by atoms with Crippen LogP contribution in [0, 0.1) is 17.8 Å². The van der Waals surface area contributed by atoms with Gasteiger partial charge in [-0.05, 0) is 31.6 Å². The Morgan fingerprint density at radius 2 is 2.11 bits per heavy atom. The molecule has 1 fully saturated rings. The second-order valence-corrected chi connectivity index (χ2v) is 5.92. The fraction of sp³-hybridized carbons (Fsp3) is 0.857. The highest BCUT2D eigenvalue weighted by Crippen LogP contribution is 2.20. The summed E-state index contributed by atoms with van der Waals surface area (Å²) in [5.41, 5.74) is 0. The Morgan fingerprint density at radius 3 is 2.58 bits per heavy atom. The molecule has 0 aromatic carbocycles. The van der Waals surface area contributed by atoms with E-state index in [1.54, 1.807) is 0 Å². The number of rotatable bonds is 7. The van der Waals surface area contributed by atoms with Crippen molar-refractivity contribution in [2.75, 3.05) is 13.2 Å². The van der Waals surface area contributed by atoms with Crippen LogP contribution < -0.4 is 5.32 Å². The first-order valence-corrected chi connectivity index (χ1v) is 6.99. The van der Waals surface area contributed by atoms with Gasteiger partial charge in [0.2, 0.25) is 5.91 Å². The van der Waals surface area contributed by atoms with Crippen LogP contribution in [0.25, 0.3) is 0 Å². The quantitative estimate of drug-likeness (QED) is 0.738. The lowest BCUT2D eigenvalue weighted by Crippen LogP contribution is -2.35. The van der Waals surface area contributed by atoms with Gasteiger partial charge in [-0.25, -0.2) is 0 Å². The molecule has 19 heavy (non-hydrogen) atoms. The molecule has 110 valence electrons. The van der Waals surface area contributed by atoms with Gasteiger partial charge in [-0.15, -0.1) is 0 Å². The lowest BCUT2D eigenvalue weighted by molar-refractivity contribution is -0.138. The van der Waals surface area contributed by atoms with Crippen molar-refractivity contribution in [1.29, 1.82) is 0 Å². The molecule has 0 aromatic rings. The van der Waals surface area contributed by atoms with Crippen LogP contribution in [0.4, 0.5) is 0 Å². The molecular formula is C14H25NO4. The van der Waals surface area contributed by atoms with Crippen LogP contribution in [0.3, 0.4) is 0 Å². The zero-order valence-corrected chi connectivity index (χ0v) is 12.0. The topological polar surface area (TPSA) is 75.6 Å². The van der Waals surface area contributed by atoms with Gasteiger partial charge in [0.25, 0.3) is 0 Å². The van der Waals surface area contributed by atoms with Crippen LogP contribution in [-0.2, 0) is 14.3 Å². The molecular weight excluding hydrogens is 246 g/mol. The molecule has 1 heterocycles. The lowest BCUT2D eigenvalue weighted by atomic mass is 9.94. The first kappa shape index (κ1) is 16.0. The number of hydrogen-bond donors (Lipinski definition) is 2. The van der Waals surface area contributed by atoms with Crippen molar-refractivity contribution < 1.29 is 19.4 Å². The molecule has 0 spiro atoms. The van der Waals surface area contributed by atoms with Crippen molar-refractivity contribution in [3.63, 3.8) is 0 Å². The number of hydrogen-bond acceptors (Lipinski definition) is 3. The maximum Gasteiger partial charge on any atom is 0.303 e. The van der Waals surface area contributed by atoms with E-state index in [9.17, 15) is 9.59 Å². The van der Waals surface area contributed by atoms with Crippen LogP contribution in [0.15, 0.2) is 0 Å². The van der Waals surface area contributed by atoms with Crippen LogP contribution in [0.1, 0.15) is 40.0 Å². The molecule has 2 N–H and O–H groups in total. The summed E-state index contributed by atoms with van der Waals surface area (Å²) in [5, 5.41) is 11.7. The Kier molecular flexibility index (Phi) is 6.28. The van der Waals surface area contributed by atoms with E-state index < -0.39 is 5.97 Å². The fourth-order valence-electron chi connectivity index (χ4n) is 2.54. The number of carbonyl (C=O) groups excluding carboxylic acids is 1. The Labute approximate surface area is 114 Å². The third kappa shape index (κ3) is 6.05. The highest BCUT2D eigenvalue weighted by atomic mass is 16.5.